The Morgan fingerprint density at radius 1 is 1.00 bits per heavy atom. The fraction of sp³-hybridized carbons (Fsp3) is 0.118. The van der Waals surface area contributed by atoms with Gasteiger partial charge in [-0.1, -0.05) is 23.3 Å². The largest absolute Gasteiger partial charge is 0.478 e. The zero-order valence-electron chi connectivity index (χ0n) is 11.3. The molecule has 0 radical (unpaired) electrons. The summed E-state index contributed by atoms with van der Waals surface area (Å²) in [7, 11) is 0. The summed E-state index contributed by atoms with van der Waals surface area (Å²) in [6.07, 6.45) is 0. The van der Waals surface area contributed by atoms with Gasteiger partial charge in [0.15, 0.2) is 0 Å². The number of hydrogen-bond acceptors (Lipinski definition) is 2. The number of furan rings is 1. The number of rotatable bonds is 2. The molecule has 1 heterocycles. The van der Waals surface area contributed by atoms with Gasteiger partial charge in [-0.15, -0.1) is 0 Å². The Kier molecular flexibility index (Phi) is 2.83. The van der Waals surface area contributed by atoms with Crippen LogP contribution in [0, 0.1) is 13.8 Å². The van der Waals surface area contributed by atoms with E-state index in [1.165, 1.54) is 0 Å². The molecule has 0 amide bonds. The van der Waals surface area contributed by atoms with Crippen molar-refractivity contribution >= 4 is 16.9 Å². The highest BCUT2D eigenvalue weighted by Gasteiger charge is 2.15. The van der Waals surface area contributed by atoms with Crippen LogP contribution in [0.4, 0.5) is 0 Å². The molecule has 0 aliphatic rings. The Bertz CT molecular complexity index is 812. The Labute approximate surface area is 116 Å². The molecule has 0 aliphatic heterocycles. The van der Waals surface area contributed by atoms with Crippen LogP contribution in [0.5, 0.6) is 0 Å². The number of carboxylic acid groups (broad SMARTS) is 1. The molecule has 3 aromatic rings. The van der Waals surface area contributed by atoms with Crippen molar-refractivity contribution in [2.75, 3.05) is 0 Å². The van der Waals surface area contributed by atoms with Gasteiger partial charge in [-0.2, -0.15) is 0 Å². The van der Waals surface area contributed by atoms with E-state index in [1.54, 1.807) is 12.1 Å². The molecule has 0 spiro atoms. The first kappa shape index (κ1) is 12.5. The molecule has 0 saturated heterocycles. The number of hydrogen-bond donors (Lipinski definition) is 1. The van der Waals surface area contributed by atoms with E-state index in [0.29, 0.717) is 11.3 Å². The van der Waals surface area contributed by atoms with Gasteiger partial charge in [0.05, 0.1) is 5.56 Å². The summed E-state index contributed by atoms with van der Waals surface area (Å²) in [4.78, 5) is 11.3. The van der Waals surface area contributed by atoms with Crippen molar-refractivity contribution in [3.8, 4) is 11.3 Å². The van der Waals surface area contributed by atoms with Crippen LogP contribution < -0.4 is 0 Å². The van der Waals surface area contributed by atoms with E-state index in [9.17, 15) is 9.90 Å². The lowest BCUT2D eigenvalue weighted by atomic mass is 10.0. The monoisotopic (exact) mass is 266 g/mol. The molecular weight excluding hydrogens is 252 g/mol. The molecule has 2 aromatic carbocycles. The number of aryl methyl sites for hydroxylation is 2. The molecule has 0 bridgehead atoms. The quantitative estimate of drug-likeness (QED) is 0.747. The van der Waals surface area contributed by atoms with E-state index in [-0.39, 0.29) is 5.56 Å². The van der Waals surface area contributed by atoms with Crippen LogP contribution in [0.25, 0.3) is 22.3 Å². The van der Waals surface area contributed by atoms with Gasteiger partial charge in [0.1, 0.15) is 11.3 Å². The van der Waals surface area contributed by atoms with Gasteiger partial charge < -0.3 is 9.52 Å². The van der Waals surface area contributed by atoms with Crippen molar-refractivity contribution in [2.45, 2.75) is 13.8 Å². The van der Waals surface area contributed by atoms with Crippen LogP contribution in [0.15, 0.2) is 46.9 Å². The van der Waals surface area contributed by atoms with Crippen molar-refractivity contribution in [2.24, 2.45) is 0 Å². The molecule has 100 valence electrons. The van der Waals surface area contributed by atoms with Crippen molar-refractivity contribution in [1.29, 1.82) is 0 Å². The fourth-order valence-electron chi connectivity index (χ4n) is 2.34. The van der Waals surface area contributed by atoms with Gasteiger partial charge in [0, 0.05) is 10.9 Å². The minimum absolute atomic E-state index is 0.256. The topological polar surface area (TPSA) is 50.4 Å². The first-order valence-electron chi connectivity index (χ1n) is 6.39. The second-order valence-corrected chi connectivity index (χ2v) is 5.01. The van der Waals surface area contributed by atoms with E-state index in [4.69, 9.17) is 4.42 Å². The molecule has 1 N–H and O–H groups in total. The summed E-state index contributed by atoms with van der Waals surface area (Å²) in [6, 6.07) is 13.1. The van der Waals surface area contributed by atoms with Crippen molar-refractivity contribution in [1.82, 2.24) is 0 Å². The minimum Gasteiger partial charge on any atom is -0.478 e. The van der Waals surface area contributed by atoms with Gasteiger partial charge in [-0.05, 0) is 44.2 Å². The van der Waals surface area contributed by atoms with E-state index in [2.05, 4.69) is 0 Å². The van der Waals surface area contributed by atoms with Crippen LogP contribution >= 0.6 is 0 Å². The third-order valence-electron chi connectivity index (χ3n) is 3.34. The normalized spacial score (nSPS) is 10.9. The van der Waals surface area contributed by atoms with E-state index < -0.39 is 5.97 Å². The summed E-state index contributed by atoms with van der Waals surface area (Å²) in [5.41, 5.74) is 3.79. The second kappa shape index (κ2) is 4.53. The zero-order valence-corrected chi connectivity index (χ0v) is 11.3. The smallest absolute Gasteiger partial charge is 0.336 e. The first-order valence-corrected chi connectivity index (χ1v) is 6.39. The molecular formula is C17H14O3. The maximum Gasteiger partial charge on any atom is 0.336 e. The number of carbonyl (C=O) groups is 1. The molecule has 0 unspecified atom stereocenters. The molecule has 0 saturated carbocycles. The second-order valence-electron chi connectivity index (χ2n) is 5.01. The summed E-state index contributed by atoms with van der Waals surface area (Å²) < 4.78 is 5.79. The van der Waals surface area contributed by atoms with Crippen LogP contribution in [0.2, 0.25) is 0 Å². The van der Waals surface area contributed by atoms with Crippen molar-refractivity contribution in [3.05, 3.63) is 59.2 Å². The van der Waals surface area contributed by atoms with E-state index in [1.807, 2.05) is 44.2 Å². The third kappa shape index (κ3) is 2.07. The molecule has 1 aromatic heterocycles. The molecule has 3 rings (SSSR count). The van der Waals surface area contributed by atoms with Gasteiger partial charge >= 0.3 is 5.97 Å². The lowest BCUT2D eigenvalue weighted by Crippen LogP contribution is -1.99. The minimum atomic E-state index is -0.948. The van der Waals surface area contributed by atoms with Gasteiger partial charge in [0.25, 0.3) is 0 Å². The maximum atomic E-state index is 11.3. The lowest BCUT2D eigenvalue weighted by molar-refractivity contribution is 0.0697. The zero-order chi connectivity index (χ0) is 14.3. The number of carboxylic acids is 1. The highest BCUT2D eigenvalue weighted by atomic mass is 16.4. The average molecular weight is 266 g/mol. The Balaban J connectivity index is 2.24. The number of benzene rings is 2. The summed E-state index contributed by atoms with van der Waals surface area (Å²) in [5.74, 6) is -0.358. The summed E-state index contributed by atoms with van der Waals surface area (Å²) in [5, 5.41) is 10.3. The highest BCUT2D eigenvalue weighted by Crippen LogP contribution is 2.31. The Morgan fingerprint density at radius 3 is 2.45 bits per heavy atom. The molecule has 20 heavy (non-hydrogen) atoms. The fourth-order valence-corrected chi connectivity index (χ4v) is 2.34. The predicted molar refractivity (Wildman–Crippen MR) is 78.1 cm³/mol. The highest BCUT2D eigenvalue weighted by molar-refractivity contribution is 5.96. The summed E-state index contributed by atoms with van der Waals surface area (Å²) >= 11 is 0. The van der Waals surface area contributed by atoms with Gasteiger partial charge in [-0.25, -0.2) is 4.79 Å². The first-order chi connectivity index (χ1) is 9.54. The van der Waals surface area contributed by atoms with Crippen molar-refractivity contribution in [3.63, 3.8) is 0 Å². The number of aromatic carboxylic acids is 1. The molecule has 0 aliphatic carbocycles. The van der Waals surface area contributed by atoms with Crippen LogP contribution in [-0.2, 0) is 0 Å². The molecule has 3 nitrogen and oxygen atoms in total. The molecule has 0 fully saturated rings. The molecule has 0 atom stereocenters. The Hall–Kier alpha value is -2.55. The van der Waals surface area contributed by atoms with Gasteiger partial charge in [0.2, 0.25) is 0 Å². The number of fused-ring (bicyclic) bond motifs is 1. The van der Waals surface area contributed by atoms with Gasteiger partial charge in [-0.3, -0.25) is 0 Å². The summed E-state index contributed by atoms with van der Waals surface area (Å²) in [6.45, 7) is 3.95. The lowest BCUT2D eigenvalue weighted by Gasteiger charge is -2.04. The van der Waals surface area contributed by atoms with E-state index >= 15 is 0 Å². The van der Waals surface area contributed by atoms with Crippen LogP contribution in [0.1, 0.15) is 21.5 Å². The van der Waals surface area contributed by atoms with Crippen LogP contribution in [-0.4, -0.2) is 11.1 Å². The third-order valence-corrected chi connectivity index (χ3v) is 3.34. The van der Waals surface area contributed by atoms with E-state index in [0.717, 1.165) is 22.1 Å². The molecule has 3 heteroatoms. The Morgan fingerprint density at radius 2 is 1.70 bits per heavy atom. The average Bonchev–Trinajstić information content (AvgIpc) is 2.81. The maximum absolute atomic E-state index is 11.3. The predicted octanol–water partition coefficient (Wildman–Crippen LogP) is 4.41. The van der Waals surface area contributed by atoms with Crippen molar-refractivity contribution < 1.29 is 14.3 Å². The SMILES string of the molecule is Cc1ccc(C(=O)O)c(-c2cc3cc(C)ccc3o2)c1. The standard InChI is InChI=1S/C17H14O3/c1-10-4-6-15-12(7-10)9-16(20-15)14-8-11(2)3-5-13(14)17(18)19/h3-9H,1-2H3,(H,18,19). The van der Waals surface area contributed by atoms with Crippen LogP contribution in [0.3, 0.4) is 0 Å².